The van der Waals surface area contributed by atoms with Gasteiger partial charge in [0.15, 0.2) is 11.6 Å². The van der Waals surface area contributed by atoms with Gasteiger partial charge in [-0.2, -0.15) is 4.31 Å². The van der Waals surface area contributed by atoms with Gasteiger partial charge in [-0.15, -0.1) is 0 Å². The van der Waals surface area contributed by atoms with Crippen molar-refractivity contribution >= 4 is 16.0 Å². The summed E-state index contributed by atoms with van der Waals surface area (Å²) in [5.41, 5.74) is 0.402. The maximum atomic E-state index is 14.3. The summed E-state index contributed by atoms with van der Waals surface area (Å²) < 4.78 is 60.6. The average molecular weight is 447 g/mol. The van der Waals surface area contributed by atoms with Crippen molar-refractivity contribution in [3.8, 4) is 5.75 Å². The van der Waals surface area contributed by atoms with Crippen LogP contribution in [-0.2, 0) is 23.1 Å². The zero-order valence-electron chi connectivity index (χ0n) is 16.5. The highest BCUT2D eigenvalue weighted by Crippen LogP contribution is 2.24. The van der Waals surface area contributed by atoms with E-state index in [1.54, 1.807) is 24.3 Å². The minimum atomic E-state index is -4.17. The van der Waals surface area contributed by atoms with Gasteiger partial charge < -0.3 is 9.84 Å². The average Bonchev–Trinajstić information content (AvgIpc) is 2.76. The van der Waals surface area contributed by atoms with E-state index < -0.39 is 34.2 Å². The number of ether oxygens (including phenoxy) is 1. The van der Waals surface area contributed by atoms with E-state index in [0.29, 0.717) is 11.3 Å². The summed E-state index contributed by atoms with van der Waals surface area (Å²) in [6.45, 7) is -0.540. The lowest BCUT2D eigenvalue weighted by Gasteiger charge is -2.23. The Hall–Kier alpha value is -3.30. The smallest absolute Gasteiger partial charge is 0.335 e. The third kappa shape index (κ3) is 5.07. The Balaban J connectivity index is 2.00. The molecule has 3 aromatic rings. The van der Waals surface area contributed by atoms with Crippen LogP contribution in [0.25, 0.3) is 0 Å². The van der Waals surface area contributed by atoms with Crippen molar-refractivity contribution in [1.29, 1.82) is 0 Å². The lowest BCUT2D eigenvalue weighted by Crippen LogP contribution is -2.30. The maximum absolute atomic E-state index is 14.3. The fourth-order valence-corrected chi connectivity index (χ4v) is 4.35. The Kier molecular flexibility index (Phi) is 6.67. The molecule has 0 bridgehead atoms. The van der Waals surface area contributed by atoms with Crippen LogP contribution in [0.3, 0.4) is 0 Å². The molecule has 0 saturated carbocycles. The molecule has 0 aliphatic heterocycles. The predicted octanol–water partition coefficient (Wildman–Crippen LogP) is 4.06. The fraction of sp³-hybridized carbons (Fsp3) is 0.136. The monoisotopic (exact) mass is 447 g/mol. The molecule has 0 fully saturated rings. The number of benzene rings is 3. The molecule has 0 unspecified atom stereocenters. The SMILES string of the molecule is COc1ccc(CN(Cc2cccc(F)c2F)S(=O)(=O)c2ccc(C(=O)O)cc2)cc1. The highest BCUT2D eigenvalue weighted by atomic mass is 32.2. The Morgan fingerprint density at radius 3 is 2.19 bits per heavy atom. The summed E-state index contributed by atoms with van der Waals surface area (Å²) in [7, 11) is -2.67. The molecule has 9 heteroatoms. The van der Waals surface area contributed by atoms with E-state index in [0.717, 1.165) is 10.4 Å². The number of carboxylic acid groups (broad SMARTS) is 1. The van der Waals surface area contributed by atoms with Crippen molar-refractivity contribution in [2.24, 2.45) is 0 Å². The third-order valence-corrected chi connectivity index (χ3v) is 6.44. The summed E-state index contributed by atoms with van der Waals surface area (Å²) in [5, 5.41) is 9.03. The topological polar surface area (TPSA) is 83.9 Å². The maximum Gasteiger partial charge on any atom is 0.335 e. The molecule has 31 heavy (non-hydrogen) atoms. The summed E-state index contributed by atoms with van der Waals surface area (Å²) in [6, 6.07) is 14.9. The second-order valence-electron chi connectivity index (χ2n) is 6.66. The van der Waals surface area contributed by atoms with Crippen LogP contribution < -0.4 is 4.74 Å². The first-order valence-electron chi connectivity index (χ1n) is 9.11. The van der Waals surface area contributed by atoms with Crippen LogP contribution >= 0.6 is 0 Å². The van der Waals surface area contributed by atoms with Crippen molar-refractivity contribution < 1.29 is 31.8 Å². The van der Waals surface area contributed by atoms with Gasteiger partial charge in [0.25, 0.3) is 0 Å². The van der Waals surface area contributed by atoms with Gasteiger partial charge in [0.2, 0.25) is 10.0 Å². The van der Waals surface area contributed by atoms with Gasteiger partial charge in [0.1, 0.15) is 5.75 Å². The summed E-state index contributed by atoms with van der Waals surface area (Å²) in [4.78, 5) is 10.9. The number of methoxy groups -OCH3 is 1. The van der Waals surface area contributed by atoms with Crippen molar-refractivity contribution in [2.45, 2.75) is 18.0 Å². The standard InChI is InChI=1S/C22H19F2NO5S/c1-30-18-9-5-15(6-10-18)13-25(14-17-3-2-4-20(23)21(17)24)31(28,29)19-11-7-16(8-12-19)22(26)27/h2-12H,13-14H2,1H3,(H,26,27). The number of rotatable bonds is 8. The molecule has 0 aliphatic rings. The molecule has 6 nitrogen and oxygen atoms in total. The molecule has 0 amide bonds. The van der Waals surface area contributed by atoms with Gasteiger partial charge in [0.05, 0.1) is 17.6 Å². The van der Waals surface area contributed by atoms with E-state index in [2.05, 4.69) is 0 Å². The van der Waals surface area contributed by atoms with E-state index in [-0.39, 0.29) is 22.6 Å². The largest absolute Gasteiger partial charge is 0.497 e. The third-order valence-electron chi connectivity index (χ3n) is 4.64. The molecular formula is C22H19F2NO5S. The highest BCUT2D eigenvalue weighted by Gasteiger charge is 2.27. The molecule has 0 atom stereocenters. The Labute approximate surface area is 178 Å². The molecule has 0 saturated heterocycles. The van der Waals surface area contributed by atoms with Crippen molar-refractivity contribution in [3.05, 3.63) is 95.1 Å². The first kappa shape index (κ1) is 22.4. The van der Waals surface area contributed by atoms with Crippen LogP contribution in [0.2, 0.25) is 0 Å². The molecule has 0 aliphatic carbocycles. The first-order chi connectivity index (χ1) is 14.7. The number of aromatic carboxylic acids is 1. The van der Waals surface area contributed by atoms with E-state index in [9.17, 15) is 22.0 Å². The number of sulfonamides is 1. The molecule has 0 aromatic heterocycles. The van der Waals surface area contributed by atoms with Crippen LogP contribution in [0.5, 0.6) is 5.75 Å². The van der Waals surface area contributed by atoms with Crippen LogP contribution in [0.1, 0.15) is 21.5 Å². The molecule has 0 radical (unpaired) electrons. The van der Waals surface area contributed by atoms with E-state index in [4.69, 9.17) is 9.84 Å². The molecule has 0 spiro atoms. The number of nitrogens with zero attached hydrogens (tertiary/aromatic N) is 1. The van der Waals surface area contributed by atoms with Crippen LogP contribution in [-0.4, -0.2) is 30.9 Å². The fourth-order valence-electron chi connectivity index (χ4n) is 2.94. The number of carboxylic acids is 1. The summed E-state index contributed by atoms with van der Waals surface area (Å²) >= 11 is 0. The molecule has 1 N–H and O–H groups in total. The van der Waals surface area contributed by atoms with Gasteiger partial charge in [-0.05, 0) is 48.0 Å². The number of halogens is 2. The van der Waals surface area contributed by atoms with Gasteiger partial charge >= 0.3 is 5.97 Å². The summed E-state index contributed by atoms with van der Waals surface area (Å²) in [5.74, 6) is -2.82. The Morgan fingerprint density at radius 1 is 0.968 bits per heavy atom. The lowest BCUT2D eigenvalue weighted by atomic mass is 10.2. The van der Waals surface area contributed by atoms with Gasteiger partial charge in [-0.25, -0.2) is 22.0 Å². The lowest BCUT2D eigenvalue weighted by molar-refractivity contribution is 0.0696. The van der Waals surface area contributed by atoms with E-state index >= 15 is 0 Å². The van der Waals surface area contributed by atoms with Crippen molar-refractivity contribution in [2.75, 3.05) is 7.11 Å². The Bertz CT molecular complexity index is 1180. The number of hydrogen-bond donors (Lipinski definition) is 1. The van der Waals surface area contributed by atoms with Crippen LogP contribution in [0.15, 0.2) is 71.6 Å². The second kappa shape index (κ2) is 9.23. The predicted molar refractivity (Wildman–Crippen MR) is 109 cm³/mol. The molecule has 162 valence electrons. The van der Waals surface area contributed by atoms with Gasteiger partial charge in [-0.1, -0.05) is 24.3 Å². The van der Waals surface area contributed by atoms with Crippen LogP contribution in [0, 0.1) is 11.6 Å². The summed E-state index contributed by atoms with van der Waals surface area (Å²) in [6.07, 6.45) is 0. The minimum Gasteiger partial charge on any atom is -0.497 e. The highest BCUT2D eigenvalue weighted by molar-refractivity contribution is 7.89. The van der Waals surface area contributed by atoms with Crippen LogP contribution in [0.4, 0.5) is 8.78 Å². The molecule has 0 heterocycles. The minimum absolute atomic E-state index is 0.0724. The molecular weight excluding hydrogens is 428 g/mol. The van der Waals surface area contributed by atoms with Crippen molar-refractivity contribution in [1.82, 2.24) is 4.31 Å². The zero-order chi connectivity index (χ0) is 22.6. The number of hydrogen-bond acceptors (Lipinski definition) is 4. The first-order valence-corrected chi connectivity index (χ1v) is 10.6. The Morgan fingerprint density at radius 2 is 1.61 bits per heavy atom. The quantitative estimate of drug-likeness (QED) is 0.563. The van der Waals surface area contributed by atoms with Gasteiger partial charge in [0, 0.05) is 18.7 Å². The zero-order valence-corrected chi connectivity index (χ0v) is 17.3. The van der Waals surface area contributed by atoms with E-state index in [1.807, 2.05) is 0 Å². The molecule has 3 aromatic carbocycles. The van der Waals surface area contributed by atoms with Gasteiger partial charge in [-0.3, -0.25) is 0 Å². The normalized spacial score (nSPS) is 11.5. The molecule has 3 rings (SSSR count). The second-order valence-corrected chi connectivity index (χ2v) is 8.60. The van der Waals surface area contributed by atoms with E-state index in [1.165, 1.54) is 43.5 Å². The number of carbonyl (C=O) groups is 1. The van der Waals surface area contributed by atoms with Crippen molar-refractivity contribution in [3.63, 3.8) is 0 Å².